The monoisotopic (exact) mass is 390 g/mol. The normalized spacial score (nSPS) is 16.5. The first-order valence-electron chi connectivity index (χ1n) is 8.14. The van der Waals surface area contributed by atoms with E-state index in [1.54, 1.807) is 35.6 Å². The smallest absolute Gasteiger partial charge is 0.326 e. The van der Waals surface area contributed by atoms with Crippen LogP contribution >= 0.6 is 23.1 Å². The van der Waals surface area contributed by atoms with Gasteiger partial charge in [-0.25, -0.2) is 4.79 Å². The van der Waals surface area contributed by atoms with Gasteiger partial charge >= 0.3 is 5.97 Å². The van der Waals surface area contributed by atoms with Crippen molar-refractivity contribution in [3.63, 3.8) is 0 Å². The lowest BCUT2D eigenvalue weighted by atomic mass is 10.1. The van der Waals surface area contributed by atoms with Crippen LogP contribution in [-0.2, 0) is 9.59 Å². The molecule has 1 aromatic heterocycles. The number of hydrogen-bond donors (Lipinski definition) is 2. The molecule has 2 amide bonds. The van der Waals surface area contributed by atoms with E-state index in [1.807, 2.05) is 17.5 Å². The Balaban J connectivity index is 1.56. The lowest BCUT2D eigenvalue weighted by Gasteiger charge is -2.21. The van der Waals surface area contributed by atoms with Gasteiger partial charge in [0, 0.05) is 17.8 Å². The van der Waals surface area contributed by atoms with Crippen molar-refractivity contribution in [2.75, 3.05) is 17.6 Å². The van der Waals surface area contributed by atoms with Crippen molar-refractivity contribution in [1.29, 1.82) is 0 Å². The summed E-state index contributed by atoms with van der Waals surface area (Å²) < 4.78 is 1.08. The number of carbonyl (C=O) groups excluding carboxylic acids is 2. The number of thioether (sulfide) groups is 1. The molecular weight excluding hydrogens is 372 g/mol. The maximum atomic E-state index is 12.5. The highest BCUT2D eigenvalue weighted by atomic mass is 32.2. The van der Waals surface area contributed by atoms with Gasteiger partial charge in [0.2, 0.25) is 5.91 Å². The lowest BCUT2D eigenvalue weighted by molar-refractivity contribution is -0.141. The fraction of sp³-hybridized carbons (Fsp3) is 0.278. The average molecular weight is 390 g/mol. The number of carboxylic acid groups (broad SMARTS) is 1. The third-order valence-corrected chi connectivity index (χ3v) is 6.19. The molecule has 8 heteroatoms. The molecule has 1 aliphatic heterocycles. The standard InChI is InChI=1S/C18H18N2O4S2/c21-15(11-26-16-4-2-10-25-16)19-13-7-5-12(6-8-13)17(22)20-9-1-3-14(20)18(23)24/h2,4-8,10,14H,1,3,9,11H2,(H,19,21)(H,23,24). The average Bonchev–Trinajstić information content (AvgIpc) is 3.31. The minimum atomic E-state index is -0.969. The minimum absolute atomic E-state index is 0.118. The van der Waals surface area contributed by atoms with E-state index >= 15 is 0 Å². The zero-order chi connectivity index (χ0) is 18.5. The van der Waals surface area contributed by atoms with Crippen molar-refractivity contribution in [2.24, 2.45) is 0 Å². The second-order valence-corrected chi connectivity index (χ2v) is 8.06. The van der Waals surface area contributed by atoms with E-state index in [1.165, 1.54) is 16.7 Å². The van der Waals surface area contributed by atoms with Gasteiger partial charge in [-0.3, -0.25) is 9.59 Å². The third-order valence-electron chi connectivity index (χ3n) is 4.05. The first-order chi connectivity index (χ1) is 12.5. The zero-order valence-electron chi connectivity index (χ0n) is 13.9. The van der Waals surface area contributed by atoms with Crippen molar-refractivity contribution in [2.45, 2.75) is 23.1 Å². The summed E-state index contributed by atoms with van der Waals surface area (Å²) in [6.45, 7) is 0.453. The zero-order valence-corrected chi connectivity index (χ0v) is 15.5. The van der Waals surface area contributed by atoms with Crippen molar-refractivity contribution in [3.8, 4) is 0 Å². The minimum Gasteiger partial charge on any atom is -0.480 e. The summed E-state index contributed by atoms with van der Waals surface area (Å²) in [4.78, 5) is 37.1. The number of nitrogens with one attached hydrogen (secondary N) is 1. The predicted molar refractivity (Wildman–Crippen MR) is 102 cm³/mol. The van der Waals surface area contributed by atoms with Crippen molar-refractivity contribution < 1.29 is 19.5 Å². The number of benzene rings is 1. The first-order valence-corrected chi connectivity index (χ1v) is 10.0. The maximum absolute atomic E-state index is 12.5. The predicted octanol–water partition coefficient (Wildman–Crippen LogP) is 3.17. The molecule has 3 rings (SSSR count). The Morgan fingerprint density at radius 1 is 1.23 bits per heavy atom. The van der Waals surface area contributed by atoms with E-state index < -0.39 is 12.0 Å². The van der Waals surface area contributed by atoms with Gasteiger partial charge in [-0.1, -0.05) is 6.07 Å². The summed E-state index contributed by atoms with van der Waals surface area (Å²) in [5, 5.41) is 14.0. The Hall–Kier alpha value is -2.32. The van der Waals surface area contributed by atoms with E-state index in [2.05, 4.69) is 5.32 Å². The molecule has 0 radical (unpaired) electrons. The van der Waals surface area contributed by atoms with Crippen LogP contribution < -0.4 is 5.32 Å². The maximum Gasteiger partial charge on any atom is 0.326 e. The van der Waals surface area contributed by atoms with Crippen LogP contribution in [0.2, 0.25) is 0 Å². The van der Waals surface area contributed by atoms with Gasteiger partial charge < -0.3 is 15.3 Å². The number of likely N-dealkylation sites (tertiary alicyclic amines) is 1. The largest absolute Gasteiger partial charge is 0.480 e. The summed E-state index contributed by atoms with van der Waals surface area (Å²) in [6, 6.07) is 9.70. The molecule has 2 heterocycles. The molecule has 0 saturated carbocycles. The van der Waals surface area contributed by atoms with Gasteiger partial charge in [-0.2, -0.15) is 0 Å². The summed E-state index contributed by atoms with van der Waals surface area (Å²) in [7, 11) is 0. The molecule has 1 atom stereocenters. The van der Waals surface area contributed by atoms with Crippen LogP contribution in [0.5, 0.6) is 0 Å². The van der Waals surface area contributed by atoms with Crippen molar-refractivity contribution >= 4 is 46.6 Å². The molecule has 136 valence electrons. The number of nitrogens with zero attached hydrogens (tertiary/aromatic N) is 1. The van der Waals surface area contributed by atoms with E-state index in [-0.39, 0.29) is 11.8 Å². The fourth-order valence-electron chi connectivity index (χ4n) is 2.81. The molecule has 0 aliphatic carbocycles. The Morgan fingerprint density at radius 2 is 2.00 bits per heavy atom. The number of amides is 2. The van der Waals surface area contributed by atoms with E-state index in [0.717, 1.165) is 4.21 Å². The SMILES string of the molecule is O=C(CSc1cccs1)Nc1ccc(C(=O)N2CCCC2C(=O)O)cc1. The molecule has 0 spiro atoms. The highest BCUT2D eigenvalue weighted by Crippen LogP contribution is 2.24. The van der Waals surface area contributed by atoms with E-state index in [9.17, 15) is 19.5 Å². The summed E-state index contributed by atoms with van der Waals surface area (Å²) >= 11 is 3.06. The van der Waals surface area contributed by atoms with Gasteiger partial charge in [0.15, 0.2) is 0 Å². The second kappa shape index (κ2) is 8.37. The van der Waals surface area contributed by atoms with Crippen LogP contribution in [0.15, 0.2) is 46.0 Å². The number of rotatable bonds is 6. The number of thiophene rings is 1. The molecule has 2 N–H and O–H groups in total. The number of aliphatic carboxylic acids is 1. The molecule has 1 fully saturated rings. The van der Waals surface area contributed by atoms with Crippen molar-refractivity contribution in [3.05, 3.63) is 47.3 Å². The van der Waals surface area contributed by atoms with Gasteiger partial charge in [-0.15, -0.1) is 23.1 Å². The highest BCUT2D eigenvalue weighted by molar-refractivity contribution is 8.01. The van der Waals surface area contributed by atoms with Crippen LogP contribution in [0.25, 0.3) is 0 Å². The molecule has 26 heavy (non-hydrogen) atoms. The Labute approximate surface area is 159 Å². The summed E-state index contributed by atoms with van der Waals surface area (Å²) in [5.74, 6) is -1.06. The second-order valence-electron chi connectivity index (χ2n) is 5.84. The van der Waals surface area contributed by atoms with Crippen molar-refractivity contribution in [1.82, 2.24) is 4.90 Å². The van der Waals surface area contributed by atoms with Crippen LogP contribution in [0.4, 0.5) is 5.69 Å². The van der Waals surface area contributed by atoms with Gasteiger partial charge in [0.1, 0.15) is 6.04 Å². The van der Waals surface area contributed by atoms with Gasteiger partial charge in [0.05, 0.1) is 9.96 Å². The van der Waals surface area contributed by atoms with Crippen LogP contribution in [-0.4, -0.2) is 46.1 Å². The Morgan fingerprint density at radius 3 is 2.65 bits per heavy atom. The van der Waals surface area contributed by atoms with Crippen LogP contribution in [0, 0.1) is 0 Å². The van der Waals surface area contributed by atoms with E-state index in [4.69, 9.17) is 0 Å². The quantitative estimate of drug-likeness (QED) is 0.740. The summed E-state index contributed by atoms with van der Waals surface area (Å²) in [5.41, 5.74) is 1.03. The number of carboxylic acids is 1. The molecule has 6 nitrogen and oxygen atoms in total. The molecule has 1 unspecified atom stereocenters. The number of carbonyl (C=O) groups is 3. The van der Waals surface area contributed by atoms with E-state index in [0.29, 0.717) is 36.4 Å². The topological polar surface area (TPSA) is 86.7 Å². The van der Waals surface area contributed by atoms with Gasteiger partial charge in [-0.05, 0) is 48.6 Å². The molecule has 2 aromatic rings. The molecule has 1 saturated heterocycles. The van der Waals surface area contributed by atoms with Gasteiger partial charge in [0.25, 0.3) is 5.91 Å². The highest BCUT2D eigenvalue weighted by Gasteiger charge is 2.34. The third kappa shape index (κ3) is 4.44. The number of anilines is 1. The molecule has 1 aromatic carbocycles. The first kappa shape index (κ1) is 18.5. The van der Waals surface area contributed by atoms with Crippen LogP contribution in [0.1, 0.15) is 23.2 Å². The number of hydrogen-bond acceptors (Lipinski definition) is 5. The Kier molecular flexibility index (Phi) is 5.95. The lowest BCUT2D eigenvalue weighted by Crippen LogP contribution is -2.40. The van der Waals surface area contributed by atoms with Crippen LogP contribution in [0.3, 0.4) is 0 Å². The molecule has 1 aliphatic rings. The molecule has 0 bridgehead atoms. The molecular formula is C18H18N2O4S2. The Bertz CT molecular complexity index is 790. The summed E-state index contributed by atoms with van der Waals surface area (Å²) in [6.07, 6.45) is 1.18. The fourth-order valence-corrected chi connectivity index (χ4v) is 4.39.